The van der Waals surface area contributed by atoms with E-state index in [1.54, 1.807) is 31.4 Å². The van der Waals surface area contributed by atoms with Crippen molar-refractivity contribution in [2.75, 3.05) is 32.2 Å². The third-order valence-corrected chi connectivity index (χ3v) is 4.14. The number of hydrogen-bond acceptors (Lipinski definition) is 4. The summed E-state index contributed by atoms with van der Waals surface area (Å²) in [6, 6.07) is 14.5. The molecule has 2 aromatic carbocycles. The number of carbonyl (C=O) groups is 2. The molecule has 0 aromatic heterocycles. The molecule has 2 aromatic rings. The number of carbonyl (C=O) groups excluding carboxylic acids is 2. The van der Waals surface area contributed by atoms with Crippen LogP contribution in [0.4, 0.5) is 5.69 Å². The predicted molar refractivity (Wildman–Crippen MR) is 110 cm³/mol. The van der Waals surface area contributed by atoms with Crippen molar-refractivity contribution in [2.45, 2.75) is 26.2 Å². The highest BCUT2D eigenvalue weighted by atomic mass is 16.5. The Hall–Kier alpha value is -2.86. The van der Waals surface area contributed by atoms with Crippen LogP contribution in [0.5, 0.6) is 5.75 Å². The van der Waals surface area contributed by atoms with Crippen LogP contribution in [0.2, 0.25) is 0 Å². The number of benzene rings is 2. The SMILES string of the molecule is COCCCNC(=O)c1cccc(NC(=O)COc2ccc(C(C)C)cc2)c1. The van der Waals surface area contributed by atoms with E-state index in [4.69, 9.17) is 9.47 Å². The molecule has 150 valence electrons. The second-order valence-electron chi connectivity index (χ2n) is 6.74. The topological polar surface area (TPSA) is 76.7 Å². The van der Waals surface area contributed by atoms with Crippen molar-refractivity contribution in [3.05, 3.63) is 59.7 Å². The van der Waals surface area contributed by atoms with Gasteiger partial charge in [0.2, 0.25) is 0 Å². The van der Waals surface area contributed by atoms with E-state index >= 15 is 0 Å². The first-order valence-corrected chi connectivity index (χ1v) is 9.39. The molecular formula is C22H28N2O4. The lowest BCUT2D eigenvalue weighted by Gasteiger charge is -2.10. The van der Waals surface area contributed by atoms with E-state index in [0.29, 0.717) is 36.1 Å². The van der Waals surface area contributed by atoms with Gasteiger partial charge in [-0.3, -0.25) is 9.59 Å². The van der Waals surface area contributed by atoms with E-state index in [1.807, 2.05) is 24.3 Å². The van der Waals surface area contributed by atoms with Crippen LogP contribution in [0.3, 0.4) is 0 Å². The first-order valence-electron chi connectivity index (χ1n) is 9.39. The van der Waals surface area contributed by atoms with Gasteiger partial charge in [-0.05, 0) is 48.2 Å². The normalized spacial score (nSPS) is 10.6. The summed E-state index contributed by atoms with van der Waals surface area (Å²) < 4.78 is 10.5. The van der Waals surface area contributed by atoms with Crippen molar-refractivity contribution < 1.29 is 19.1 Å². The zero-order valence-electron chi connectivity index (χ0n) is 16.7. The van der Waals surface area contributed by atoms with Crippen LogP contribution in [0.1, 0.15) is 42.1 Å². The summed E-state index contributed by atoms with van der Waals surface area (Å²) in [7, 11) is 1.62. The number of ether oxygens (including phenoxy) is 2. The maximum absolute atomic E-state index is 12.1. The first-order chi connectivity index (χ1) is 13.5. The smallest absolute Gasteiger partial charge is 0.262 e. The molecule has 6 heteroatoms. The monoisotopic (exact) mass is 384 g/mol. The Balaban J connectivity index is 1.83. The second kappa shape index (κ2) is 11.1. The minimum atomic E-state index is -0.286. The number of amides is 2. The Bertz CT molecular complexity index is 772. The van der Waals surface area contributed by atoms with Gasteiger partial charge in [-0.2, -0.15) is 0 Å². The summed E-state index contributed by atoms with van der Waals surface area (Å²) in [6.07, 6.45) is 0.744. The molecule has 0 aliphatic heterocycles. The van der Waals surface area contributed by atoms with Crippen molar-refractivity contribution in [1.29, 1.82) is 0 Å². The molecule has 0 atom stereocenters. The summed E-state index contributed by atoms with van der Waals surface area (Å²) >= 11 is 0. The van der Waals surface area contributed by atoms with Gasteiger partial charge in [0.05, 0.1) is 0 Å². The molecule has 0 heterocycles. The van der Waals surface area contributed by atoms with Crippen molar-refractivity contribution in [3.8, 4) is 5.75 Å². The molecular weight excluding hydrogens is 356 g/mol. The maximum Gasteiger partial charge on any atom is 0.262 e. The third kappa shape index (κ3) is 7.04. The average Bonchev–Trinajstić information content (AvgIpc) is 2.70. The fraction of sp³-hybridized carbons (Fsp3) is 0.364. The van der Waals surface area contributed by atoms with E-state index < -0.39 is 0 Å². The van der Waals surface area contributed by atoms with Crippen molar-refractivity contribution in [2.24, 2.45) is 0 Å². The van der Waals surface area contributed by atoms with Crippen LogP contribution in [-0.4, -0.2) is 38.7 Å². The van der Waals surface area contributed by atoms with Crippen LogP contribution in [0, 0.1) is 0 Å². The third-order valence-electron chi connectivity index (χ3n) is 4.14. The highest BCUT2D eigenvalue weighted by molar-refractivity contribution is 5.97. The van der Waals surface area contributed by atoms with Gasteiger partial charge in [0.15, 0.2) is 6.61 Å². The van der Waals surface area contributed by atoms with Gasteiger partial charge in [-0.1, -0.05) is 32.0 Å². The number of nitrogens with one attached hydrogen (secondary N) is 2. The highest BCUT2D eigenvalue weighted by Gasteiger charge is 2.08. The predicted octanol–water partition coefficient (Wildman–Crippen LogP) is 3.59. The van der Waals surface area contributed by atoms with Crippen LogP contribution in [-0.2, 0) is 9.53 Å². The molecule has 0 saturated heterocycles. The van der Waals surface area contributed by atoms with E-state index in [-0.39, 0.29) is 18.4 Å². The Kier molecular flexibility index (Phi) is 8.49. The summed E-state index contributed by atoms with van der Waals surface area (Å²) in [4.78, 5) is 24.3. The quantitative estimate of drug-likeness (QED) is 0.614. The van der Waals surface area contributed by atoms with Crippen molar-refractivity contribution >= 4 is 17.5 Å². The average molecular weight is 384 g/mol. The van der Waals surface area contributed by atoms with Crippen LogP contribution < -0.4 is 15.4 Å². The summed E-state index contributed by atoms with van der Waals surface area (Å²) in [5, 5.41) is 5.57. The lowest BCUT2D eigenvalue weighted by molar-refractivity contribution is -0.118. The lowest BCUT2D eigenvalue weighted by Crippen LogP contribution is -2.25. The zero-order chi connectivity index (χ0) is 20.4. The molecule has 0 aliphatic rings. The fourth-order valence-corrected chi connectivity index (χ4v) is 2.55. The molecule has 0 spiro atoms. The summed E-state index contributed by atoms with van der Waals surface area (Å²) in [5.74, 6) is 0.616. The van der Waals surface area contributed by atoms with Crippen molar-refractivity contribution in [1.82, 2.24) is 5.32 Å². The number of methoxy groups -OCH3 is 1. The molecule has 2 rings (SSSR count). The van der Waals surface area contributed by atoms with Crippen LogP contribution in [0.25, 0.3) is 0 Å². The molecule has 0 unspecified atom stereocenters. The lowest BCUT2D eigenvalue weighted by atomic mass is 10.0. The Morgan fingerprint density at radius 2 is 1.82 bits per heavy atom. The Morgan fingerprint density at radius 1 is 1.07 bits per heavy atom. The molecule has 0 bridgehead atoms. The van der Waals surface area contributed by atoms with Crippen molar-refractivity contribution in [3.63, 3.8) is 0 Å². The minimum Gasteiger partial charge on any atom is -0.484 e. The van der Waals surface area contributed by atoms with Gasteiger partial charge in [-0.15, -0.1) is 0 Å². The highest BCUT2D eigenvalue weighted by Crippen LogP contribution is 2.18. The van der Waals surface area contributed by atoms with Gasteiger partial charge in [0.25, 0.3) is 11.8 Å². The van der Waals surface area contributed by atoms with Crippen LogP contribution >= 0.6 is 0 Å². The molecule has 0 radical (unpaired) electrons. The standard InChI is InChI=1S/C22H28N2O4/c1-16(2)17-8-10-20(11-9-17)28-15-21(25)24-19-7-4-6-18(14-19)22(26)23-12-5-13-27-3/h4,6-11,14,16H,5,12-13,15H2,1-3H3,(H,23,26)(H,24,25). The molecule has 0 fully saturated rings. The van der Waals surface area contributed by atoms with Crippen LogP contribution in [0.15, 0.2) is 48.5 Å². The second-order valence-corrected chi connectivity index (χ2v) is 6.74. The number of rotatable bonds is 10. The van der Waals surface area contributed by atoms with Gasteiger partial charge in [0.1, 0.15) is 5.75 Å². The Morgan fingerprint density at radius 3 is 2.50 bits per heavy atom. The van der Waals surface area contributed by atoms with E-state index in [0.717, 1.165) is 6.42 Å². The van der Waals surface area contributed by atoms with Gasteiger partial charge >= 0.3 is 0 Å². The first kappa shape index (κ1) is 21.4. The fourth-order valence-electron chi connectivity index (χ4n) is 2.55. The Labute approximate surface area is 166 Å². The van der Waals surface area contributed by atoms with E-state index in [2.05, 4.69) is 24.5 Å². The van der Waals surface area contributed by atoms with E-state index in [1.165, 1.54) is 5.56 Å². The largest absolute Gasteiger partial charge is 0.484 e. The minimum absolute atomic E-state index is 0.103. The summed E-state index contributed by atoms with van der Waals surface area (Å²) in [5.41, 5.74) is 2.25. The molecule has 0 aliphatic carbocycles. The van der Waals surface area contributed by atoms with Gasteiger partial charge < -0.3 is 20.1 Å². The molecule has 2 N–H and O–H groups in total. The molecule has 0 saturated carbocycles. The maximum atomic E-state index is 12.1. The number of anilines is 1. The summed E-state index contributed by atoms with van der Waals surface area (Å²) in [6.45, 7) is 5.27. The molecule has 6 nitrogen and oxygen atoms in total. The van der Waals surface area contributed by atoms with E-state index in [9.17, 15) is 9.59 Å². The van der Waals surface area contributed by atoms with Gasteiger partial charge in [0, 0.05) is 31.5 Å². The molecule has 2 amide bonds. The molecule has 28 heavy (non-hydrogen) atoms. The van der Waals surface area contributed by atoms with Gasteiger partial charge in [-0.25, -0.2) is 0 Å². The number of hydrogen-bond donors (Lipinski definition) is 2. The zero-order valence-corrected chi connectivity index (χ0v) is 16.7.